The molecule has 0 fully saturated rings. The lowest BCUT2D eigenvalue weighted by molar-refractivity contribution is 0.500. The second kappa shape index (κ2) is 7.38. The molecule has 3 aromatic carbocycles. The Bertz CT molecular complexity index is 961. The van der Waals surface area contributed by atoms with Crippen LogP contribution in [-0.2, 0) is 0 Å². The van der Waals surface area contributed by atoms with E-state index in [4.69, 9.17) is 0 Å². The van der Waals surface area contributed by atoms with Crippen molar-refractivity contribution in [2.75, 3.05) is 0 Å². The second-order valence-corrected chi connectivity index (χ2v) is 6.44. The Balaban J connectivity index is 2.48. The van der Waals surface area contributed by atoms with Gasteiger partial charge in [-0.15, -0.1) is 0 Å². The van der Waals surface area contributed by atoms with E-state index in [0.29, 0.717) is 24.3 Å². The van der Waals surface area contributed by atoms with Crippen molar-refractivity contribution in [3.05, 3.63) is 87.7 Å². The van der Waals surface area contributed by atoms with Crippen LogP contribution in [0.1, 0.15) is 0 Å². The van der Waals surface area contributed by atoms with Crippen molar-refractivity contribution < 1.29 is 30.7 Å². The molecule has 0 unspecified atom stereocenters. The number of rotatable bonds is 3. The smallest absolute Gasteiger partial charge is 0.208 e. The van der Waals surface area contributed by atoms with Gasteiger partial charge in [0.15, 0.2) is 23.3 Å². The monoisotopic (exact) mass is 446 g/mol. The van der Waals surface area contributed by atoms with E-state index in [1.165, 1.54) is 12.1 Å². The summed E-state index contributed by atoms with van der Waals surface area (Å²) >= 11 is 2.96. The molecule has 0 nitrogen and oxygen atoms in total. The Kier molecular flexibility index (Phi) is 5.32. The topological polar surface area (TPSA) is 0 Å². The molecule has 9 heteroatoms. The molecule has 0 aliphatic carbocycles. The number of hydrogen-bond acceptors (Lipinski definition) is 0. The lowest BCUT2D eigenvalue weighted by Crippen LogP contribution is -2.58. The molecule has 0 aromatic heterocycles. The van der Waals surface area contributed by atoms with Gasteiger partial charge in [-0.05, 0) is 41.9 Å². The quantitative estimate of drug-likeness (QED) is 0.325. The largest absolute Gasteiger partial charge is 0.262 e. The molecule has 138 valence electrons. The lowest BCUT2D eigenvalue weighted by Gasteiger charge is -2.20. The van der Waals surface area contributed by atoms with Crippen molar-refractivity contribution in [3.63, 3.8) is 0 Å². The van der Waals surface area contributed by atoms with E-state index in [2.05, 4.69) is 15.9 Å². The Hall–Kier alpha value is -2.29. The van der Waals surface area contributed by atoms with Crippen molar-refractivity contribution in [2.45, 2.75) is 0 Å². The highest BCUT2D eigenvalue weighted by Crippen LogP contribution is 2.16. The average Bonchev–Trinajstić information content (AvgIpc) is 2.61. The highest BCUT2D eigenvalue weighted by atomic mass is 79.9. The second-order valence-electron chi connectivity index (χ2n) is 5.58. The summed E-state index contributed by atoms with van der Waals surface area (Å²) in [6.07, 6.45) is 0. The van der Waals surface area contributed by atoms with Crippen LogP contribution in [0.4, 0.5) is 30.7 Å². The summed E-state index contributed by atoms with van der Waals surface area (Å²) in [6, 6.07) is 5.39. The van der Waals surface area contributed by atoms with Gasteiger partial charge in [0.25, 0.3) is 6.71 Å². The summed E-state index contributed by atoms with van der Waals surface area (Å²) in [4.78, 5) is 0. The fourth-order valence-electron chi connectivity index (χ4n) is 2.83. The SMILES string of the molecule is Fc1ccc(F)c(B(c2c(F)cccc2Br)c2c(F)ccc(F)c2F)c1F. The van der Waals surface area contributed by atoms with E-state index in [1.807, 2.05) is 0 Å². The van der Waals surface area contributed by atoms with Gasteiger partial charge in [-0.25, -0.2) is 30.7 Å². The molecule has 0 aliphatic rings. The minimum absolute atomic E-state index is 0.0985. The van der Waals surface area contributed by atoms with Crippen molar-refractivity contribution >= 4 is 39.0 Å². The number of benzene rings is 3. The lowest BCUT2D eigenvalue weighted by atomic mass is 9.36. The van der Waals surface area contributed by atoms with Gasteiger partial charge < -0.3 is 0 Å². The first-order chi connectivity index (χ1) is 12.7. The van der Waals surface area contributed by atoms with E-state index < -0.39 is 63.8 Å². The molecule has 0 aliphatic heterocycles. The molecule has 3 aromatic rings. The molecule has 0 bridgehead atoms. The van der Waals surface area contributed by atoms with Crippen molar-refractivity contribution in [1.29, 1.82) is 0 Å². The van der Waals surface area contributed by atoms with E-state index in [1.54, 1.807) is 0 Å². The fraction of sp³-hybridized carbons (Fsp3) is 0. The zero-order valence-corrected chi connectivity index (χ0v) is 14.7. The van der Waals surface area contributed by atoms with Crippen molar-refractivity contribution in [1.82, 2.24) is 0 Å². The first-order valence-corrected chi connectivity index (χ1v) is 8.24. The van der Waals surface area contributed by atoms with Crippen molar-refractivity contribution in [2.24, 2.45) is 0 Å². The maximum absolute atomic E-state index is 14.5. The normalized spacial score (nSPS) is 11.0. The van der Waals surface area contributed by atoms with E-state index in [0.717, 1.165) is 6.07 Å². The maximum Gasteiger partial charge on any atom is 0.262 e. The van der Waals surface area contributed by atoms with Gasteiger partial charge >= 0.3 is 0 Å². The van der Waals surface area contributed by atoms with Crippen LogP contribution in [0.3, 0.4) is 0 Å². The molecule has 0 N–H and O–H groups in total. The molecule has 0 amide bonds. The summed E-state index contributed by atoms with van der Waals surface area (Å²) in [7, 11) is 0. The van der Waals surface area contributed by atoms with Crippen LogP contribution < -0.4 is 16.4 Å². The molecule has 0 saturated carbocycles. The zero-order chi connectivity index (χ0) is 19.9. The highest BCUT2D eigenvalue weighted by molar-refractivity contribution is 9.10. The zero-order valence-electron chi connectivity index (χ0n) is 13.1. The van der Waals surface area contributed by atoms with E-state index in [9.17, 15) is 30.7 Å². The van der Waals surface area contributed by atoms with Gasteiger partial charge in [-0.1, -0.05) is 22.0 Å². The summed E-state index contributed by atoms with van der Waals surface area (Å²) < 4.78 is 99.5. The molecule has 0 radical (unpaired) electrons. The summed E-state index contributed by atoms with van der Waals surface area (Å²) in [5.41, 5.74) is -2.88. The highest BCUT2D eigenvalue weighted by Gasteiger charge is 2.38. The van der Waals surface area contributed by atoms with Crippen LogP contribution in [0.2, 0.25) is 0 Å². The van der Waals surface area contributed by atoms with Gasteiger partial charge in [0.2, 0.25) is 0 Å². The predicted octanol–water partition coefficient (Wildman–Crippen LogP) is 3.94. The van der Waals surface area contributed by atoms with E-state index >= 15 is 0 Å². The third-order valence-electron chi connectivity index (χ3n) is 4.02. The standard InChI is InChI=1S/C18H7BBrF7/c20-8-2-1-3-9(21)14(8)19(15-10(22)4-6-12(24)17(15)26)16-11(23)5-7-13(25)18(16)27/h1-7H. The molecular formula is C18H7BBrF7. The number of hydrogen-bond donors (Lipinski definition) is 0. The van der Waals surface area contributed by atoms with Gasteiger partial charge in [0, 0.05) is 15.4 Å². The predicted molar refractivity (Wildman–Crippen MR) is 91.4 cm³/mol. The van der Waals surface area contributed by atoms with Gasteiger partial charge in [-0.2, -0.15) is 0 Å². The summed E-state index contributed by atoms with van der Waals surface area (Å²) in [5, 5.41) is 0. The Labute approximate surface area is 157 Å². The van der Waals surface area contributed by atoms with Gasteiger partial charge in [-0.3, -0.25) is 0 Å². The third kappa shape index (κ3) is 3.36. The third-order valence-corrected chi connectivity index (χ3v) is 4.72. The maximum atomic E-state index is 14.5. The summed E-state index contributed by atoms with van der Waals surface area (Å²) in [5.74, 6) is -10.4. The molecular weight excluding hydrogens is 440 g/mol. The van der Waals surface area contributed by atoms with Gasteiger partial charge in [0.1, 0.15) is 17.5 Å². The first kappa shape index (κ1) is 19.5. The van der Waals surface area contributed by atoms with Crippen LogP contribution in [0.5, 0.6) is 0 Å². The van der Waals surface area contributed by atoms with Gasteiger partial charge in [0.05, 0.1) is 0 Å². The van der Waals surface area contributed by atoms with Crippen molar-refractivity contribution in [3.8, 4) is 0 Å². The fourth-order valence-corrected chi connectivity index (χ4v) is 3.41. The minimum atomic E-state index is -2.13. The number of halogens is 8. The van der Waals surface area contributed by atoms with Crippen LogP contribution in [0, 0.1) is 40.7 Å². The molecule has 0 atom stereocenters. The Morgan fingerprint density at radius 2 is 0.926 bits per heavy atom. The van der Waals surface area contributed by atoms with Crippen LogP contribution in [0.25, 0.3) is 0 Å². The van der Waals surface area contributed by atoms with Crippen LogP contribution >= 0.6 is 15.9 Å². The average molecular weight is 447 g/mol. The molecule has 27 heavy (non-hydrogen) atoms. The van der Waals surface area contributed by atoms with Crippen LogP contribution in [-0.4, -0.2) is 6.71 Å². The molecule has 3 rings (SSSR count). The Morgan fingerprint density at radius 1 is 0.519 bits per heavy atom. The molecule has 0 heterocycles. The summed E-state index contributed by atoms with van der Waals surface area (Å²) in [6.45, 7) is -2.13. The Morgan fingerprint density at radius 3 is 1.37 bits per heavy atom. The molecule has 0 saturated heterocycles. The first-order valence-electron chi connectivity index (χ1n) is 7.44. The van der Waals surface area contributed by atoms with E-state index in [-0.39, 0.29) is 4.47 Å². The minimum Gasteiger partial charge on any atom is -0.208 e. The van der Waals surface area contributed by atoms with Crippen LogP contribution in [0.15, 0.2) is 46.9 Å². The molecule has 0 spiro atoms.